The van der Waals surface area contributed by atoms with Crippen molar-refractivity contribution >= 4 is 17.6 Å². The molecule has 0 amide bonds. The molecule has 116 valence electrons. The third-order valence-corrected chi connectivity index (χ3v) is 4.36. The minimum absolute atomic E-state index is 0.0422. The number of benzene rings is 1. The van der Waals surface area contributed by atoms with E-state index in [1.54, 1.807) is 0 Å². The van der Waals surface area contributed by atoms with Gasteiger partial charge < -0.3 is 10.1 Å². The van der Waals surface area contributed by atoms with Gasteiger partial charge in [0.1, 0.15) is 0 Å². The van der Waals surface area contributed by atoms with Gasteiger partial charge in [-0.15, -0.1) is 0 Å². The minimum atomic E-state index is -0.0422. The number of ether oxygens (including phenoxy) is 1. The van der Waals surface area contributed by atoms with Crippen LogP contribution >= 0.6 is 11.6 Å². The van der Waals surface area contributed by atoms with E-state index in [0.717, 1.165) is 30.7 Å². The highest BCUT2D eigenvalue weighted by Gasteiger charge is 2.28. The fourth-order valence-electron chi connectivity index (χ4n) is 3.04. The molecular weight excluding hydrogens is 286 g/mol. The summed E-state index contributed by atoms with van der Waals surface area (Å²) in [5.74, 6) is 0.00201. The van der Waals surface area contributed by atoms with Gasteiger partial charge in [0.25, 0.3) is 0 Å². The maximum Gasteiger partial charge on any atom is 0.308 e. The van der Waals surface area contributed by atoms with E-state index in [1.807, 2.05) is 25.1 Å². The van der Waals surface area contributed by atoms with Gasteiger partial charge in [-0.05, 0) is 50.8 Å². The molecule has 0 saturated heterocycles. The molecule has 3 atom stereocenters. The first-order valence-corrected chi connectivity index (χ1v) is 8.16. The number of nitrogens with one attached hydrogen (secondary N) is 1. The van der Waals surface area contributed by atoms with Crippen LogP contribution in [0.25, 0.3) is 0 Å². The maximum atomic E-state index is 11.9. The predicted octanol–water partition coefficient (Wildman–Crippen LogP) is 4.11. The highest BCUT2D eigenvalue weighted by Crippen LogP contribution is 2.27. The molecule has 0 heterocycles. The Kier molecular flexibility index (Phi) is 6.07. The first-order valence-electron chi connectivity index (χ1n) is 7.78. The smallest absolute Gasteiger partial charge is 0.308 e. The molecule has 1 aromatic rings. The van der Waals surface area contributed by atoms with Gasteiger partial charge in [0.05, 0.1) is 12.5 Å². The minimum Gasteiger partial charge on any atom is -0.466 e. The first-order chi connectivity index (χ1) is 10.1. The summed E-state index contributed by atoms with van der Waals surface area (Å²) in [5.41, 5.74) is 1.18. The van der Waals surface area contributed by atoms with Crippen molar-refractivity contribution < 1.29 is 9.53 Å². The zero-order valence-electron chi connectivity index (χ0n) is 12.8. The van der Waals surface area contributed by atoms with Crippen molar-refractivity contribution in [3.8, 4) is 0 Å². The molecule has 0 radical (unpaired) electrons. The fourth-order valence-corrected chi connectivity index (χ4v) is 3.24. The van der Waals surface area contributed by atoms with E-state index < -0.39 is 0 Å². The lowest BCUT2D eigenvalue weighted by Crippen LogP contribution is -2.38. The lowest BCUT2D eigenvalue weighted by atomic mass is 9.85. The molecular formula is C17H24ClNO2. The Balaban J connectivity index is 1.91. The van der Waals surface area contributed by atoms with Crippen LogP contribution in [0.2, 0.25) is 5.02 Å². The van der Waals surface area contributed by atoms with Crippen molar-refractivity contribution in [2.75, 3.05) is 6.61 Å². The van der Waals surface area contributed by atoms with Gasteiger partial charge in [-0.25, -0.2) is 0 Å². The number of carbonyl (C=O) groups excluding carboxylic acids is 1. The van der Waals surface area contributed by atoms with Gasteiger partial charge in [0, 0.05) is 17.1 Å². The average Bonchev–Trinajstić information content (AvgIpc) is 2.48. The Bertz CT molecular complexity index is 478. The first kappa shape index (κ1) is 16.3. The lowest BCUT2D eigenvalue weighted by Gasteiger charge is -2.31. The summed E-state index contributed by atoms with van der Waals surface area (Å²) in [6, 6.07) is 8.52. The zero-order valence-corrected chi connectivity index (χ0v) is 13.5. The second kappa shape index (κ2) is 7.81. The average molecular weight is 310 g/mol. The molecule has 4 heteroatoms. The largest absolute Gasteiger partial charge is 0.466 e. The molecule has 2 rings (SSSR count). The van der Waals surface area contributed by atoms with E-state index in [0.29, 0.717) is 12.6 Å². The van der Waals surface area contributed by atoms with Crippen molar-refractivity contribution in [2.24, 2.45) is 5.92 Å². The summed E-state index contributed by atoms with van der Waals surface area (Å²) in [5, 5.41) is 4.38. The van der Waals surface area contributed by atoms with Gasteiger partial charge >= 0.3 is 5.97 Å². The molecule has 1 fully saturated rings. The summed E-state index contributed by atoms with van der Waals surface area (Å²) in [6.45, 7) is 4.46. The van der Waals surface area contributed by atoms with Gasteiger partial charge in [-0.3, -0.25) is 4.79 Å². The van der Waals surface area contributed by atoms with E-state index in [1.165, 1.54) is 5.56 Å². The van der Waals surface area contributed by atoms with Gasteiger partial charge in [0.15, 0.2) is 0 Å². The molecule has 1 aliphatic carbocycles. The normalized spacial score (nSPS) is 23.6. The van der Waals surface area contributed by atoms with Gasteiger partial charge in [-0.1, -0.05) is 30.2 Å². The molecule has 2 unspecified atom stereocenters. The van der Waals surface area contributed by atoms with Crippen LogP contribution in [-0.4, -0.2) is 18.6 Å². The van der Waals surface area contributed by atoms with Crippen LogP contribution in [0.3, 0.4) is 0 Å². The van der Waals surface area contributed by atoms with E-state index in [2.05, 4.69) is 18.3 Å². The summed E-state index contributed by atoms with van der Waals surface area (Å²) < 4.78 is 5.15. The molecule has 0 bridgehead atoms. The number of hydrogen-bond acceptors (Lipinski definition) is 3. The van der Waals surface area contributed by atoms with Crippen molar-refractivity contribution in [1.29, 1.82) is 0 Å². The Morgan fingerprint density at radius 1 is 1.48 bits per heavy atom. The third-order valence-electron chi connectivity index (χ3n) is 4.13. The number of esters is 1. The van der Waals surface area contributed by atoms with Gasteiger partial charge in [-0.2, -0.15) is 0 Å². The Hall–Kier alpha value is -1.06. The van der Waals surface area contributed by atoms with Crippen LogP contribution < -0.4 is 5.32 Å². The topological polar surface area (TPSA) is 38.3 Å². The van der Waals surface area contributed by atoms with E-state index in [-0.39, 0.29) is 17.9 Å². The second-order valence-electron chi connectivity index (χ2n) is 5.76. The highest BCUT2D eigenvalue weighted by atomic mass is 35.5. The van der Waals surface area contributed by atoms with Crippen molar-refractivity contribution in [2.45, 2.75) is 51.6 Å². The third kappa shape index (κ3) is 4.72. The summed E-state index contributed by atoms with van der Waals surface area (Å²) >= 11 is 6.04. The number of halogens is 1. The Labute approximate surface area is 132 Å². The second-order valence-corrected chi connectivity index (χ2v) is 6.19. The standard InChI is InChI=1S/C17H24ClNO2/c1-3-21-17(20)14-7-5-9-16(11-14)19-12(2)13-6-4-8-15(18)10-13/h4,6,8,10,12,14,16,19H,3,5,7,9,11H2,1-2H3/t12-,14?,16?/m0/s1. The fraction of sp³-hybridized carbons (Fsp3) is 0.588. The maximum absolute atomic E-state index is 11.9. The Morgan fingerprint density at radius 3 is 3.00 bits per heavy atom. The van der Waals surface area contributed by atoms with Crippen LogP contribution in [-0.2, 0) is 9.53 Å². The predicted molar refractivity (Wildman–Crippen MR) is 85.4 cm³/mol. The highest BCUT2D eigenvalue weighted by molar-refractivity contribution is 6.30. The van der Waals surface area contributed by atoms with Crippen LogP contribution in [0.1, 0.15) is 51.1 Å². The number of rotatable bonds is 5. The molecule has 1 saturated carbocycles. The van der Waals surface area contributed by atoms with Crippen LogP contribution in [0.4, 0.5) is 0 Å². The Morgan fingerprint density at radius 2 is 2.29 bits per heavy atom. The molecule has 1 aromatic carbocycles. The SMILES string of the molecule is CCOC(=O)C1CCCC(N[C@@H](C)c2cccc(Cl)c2)C1. The molecule has 1 N–H and O–H groups in total. The summed E-state index contributed by atoms with van der Waals surface area (Å²) in [4.78, 5) is 11.9. The summed E-state index contributed by atoms with van der Waals surface area (Å²) in [6.07, 6.45) is 4.00. The van der Waals surface area contributed by atoms with Crippen molar-refractivity contribution in [1.82, 2.24) is 5.32 Å². The van der Waals surface area contributed by atoms with Crippen molar-refractivity contribution in [3.63, 3.8) is 0 Å². The van der Waals surface area contributed by atoms with E-state index >= 15 is 0 Å². The molecule has 0 spiro atoms. The van der Waals surface area contributed by atoms with E-state index in [9.17, 15) is 4.79 Å². The molecule has 1 aliphatic rings. The molecule has 21 heavy (non-hydrogen) atoms. The number of hydrogen-bond donors (Lipinski definition) is 1. The zero-order chi connectivity index (χ0) is 15.2. The van der Waals surface area contributed by atoms with Crippen LogP contribution in [0.5, 0.6) is 0 Å². The molecule has 0 aromatic heterocycles. The van der Waals surface area contributed by atoms with Crippen LogP contribution in [0, 0.1) is 5.92 Å². The van der Waals surface area contributed by atoms with Crippen molar-refractivity contribution in [3.05, 3.63) is 34.9 Å². The molecule has 3 nitrogen and oxygen atoms in total. The quantitative estimate of drug-likeness (QED) is 0.832. The van der Waals surface area contributed by atoms with Crippen LogP contribution in [0.15, 0.2) is 24.3 Å². The molecule has 0 aliphatic heterocycles. The van der Waals surface area contributed by atoms with Gasteiger partial charge in [0.2, 0.25) is 0 Å². The summed E-state index contributed by atoms with van der Waals surface area (Å²) in [7, 11) is 0. The van der Waals surface area contributed by atoms with E-state index in [4.69, 9.17) is 16.3 Å². The monoisotopic (exact) mass is 309 g/mol. The number of carbonyl (C=O) groups is 1. The lowest BCUT2D eigenvalue weighted by molar-refractivity contribution is -0.149.